The van der Waals surface area contributed by atoms with E-state index < -0.39 is 16.0 Å². The van der Waals surface area contributed by atoms with Crippen molar-refractivity contribution in [2.24, 2.45) is 0 Å². The van der Waals surface area contributed by atoms with E-state index in [-0.39, 0.29) is 16.6 Å². The lowest BCUT2D eigenvalue weighted by molar-refractivity contribution is 0.0600. The summed E-state index contributed by atoms with van der Waals surface area (Å²) in [5.41, 5.74) is 5.47. The Balaban J connectivity index is 1.56. The molecule has 6 aromatic rings. The van der Waals surface area contributed by atoms with Gasteiger partial charge in [-0.15, -0.1) is 0 Å². The van der Waals surface area contributed by atoms with Crippen LogP contribution in [0.2, 0.25) is 0 Å². The van der Waals surface area contributed by atoms with Gasteiger partial charge in [-0.05, 0) is 85.1 Å². The van der Waals surface area contributed by atoms with Crippen LogP contribution >= 0.6 is 0 Å². The summed E-state index contributed by atoms with van der Waals surface area (Å²) in [6.45, 7) is 1.22. The molecule has 1 aliphatic heterocycles. The zero-order valence-corrected chi connectivity index (χ0v) is 24.8. The number of benzene rings is 4. The number of fused-ring (bicyclic) bond motifs is 2. The molecule has 2 aromatic heterocycles. The van der Waals surface area contributed by atoms with Crippen LogP contribution in [0.4, 0.5) is 4.39 Å². The van der Waals surface area contributed by atoms with Crippen LogP contribution in [0.3, 0.4) is 0 Å². The monoisotopic (exact) mass is 608 g/mol. The molecule has 0 atom stereocenters. The average Bonchev–Trinajstić information content (AvgIpc) is 3.64. The number of esters is 1. The number of hydrogen-bond donors (Lipinski definition) is 0. The normalized spacial score (nSPS) is 14.3. The summed E-state index contributed by atoms with van der Waals surface area (Å²) in [5.74, 6) is -0.645. The Hall–Kier alpha value is -4.73. The molecule has 0 saturated carbocycles. The summed E-state index contributed by atoms with van der Waals surface area (Å²) in [7, 11) is -2.52. The number of ether oxygens (including phenoxy) is 2. The molecule has 1 aliphatic rings. The Labute approximate surface area is 254 Å². The van der Waals surface area contributed by atoms with Crippen LogP contribution < -0.4 is 0 Å². The highest BCUT2D eigenvalue weighted by Gasteiger charge is 2.29. The van der Waals surface area contributed by atoms with Crippen LogP contribution in [0.1, 0.15) is 34.8 Å². The van der Waals surface area contributed by atoms with Gasteiger partial charge in [0.05, 0.1) is 28.6 Å². The lowest BCUT2D eigenvalue weighted by Crippen LogP contribution is -2.17. The van der Waals surface area contributed by atoms with Crippen LogP contribution in [0, 0.1) is 5.82 Å². The first-order chi connectivity index (χ1) is 21.4. The fraction of sp³-hybridized carbons (Fsp3) is 0.171. The molecular weight excluding hydrogens is 579 g/mol. The SMILES string of the molecule is COC(=O)c1ccc(-c2c(C3CCOCC3)n(-c3ccc(F)cc3)c3cc4ccn(S(=O)(=O)c5ccccc5)c4cc23)cc1. The smallest absolute Gasteiger partial charge is 0.337 e. The standard InChI is InChI=1S/C35H29FN2O5S/c1-42-35(39)25-9-7-23(8-10-25)33-30-22-31-26(15-18-37(31)44(40,41)29-5-3-2-4-6-29)21-32(30)38(28-13-11-27(36)12-14-28)34(33)24-16-19-43-20-17-24/h2-15,18,21-22,24H,16-17,19-20H2,1H3. The van der Waals surface area contributed by atoms with Gasteiger partial charge in [-0.2, -0.15) is 0 Å². The van der Waals surface area contributed by atoms with Crippen molar-refractivity contribution >= 4 is 37.8 Å². The molecule has 1 fully saturated rings. The molecule has 7 nitrogen and oxygen atoms in total. The number of methoxy groups -OCH3 is 1. The summed E-state index contributed by atoms with van der Waals surface area (Å²) >= 11 is 0. The number of aromatic nitrogens is 2. The van der Waals surface area contributed by atoms with Crippen molar-refractivity contribution in [3.05, 3.63) is 120 Å². The molecule has 222 valence electrons. The van der Waals surface area contributed by atoms with Crippen LogP contribution in [0.15, 0.2) is 108 Å². The first-order valence-electron chi connectivity index (χ1n) is 14.4. The van der Waals surface area contributed by atoms with E-state index in [2.05, 4.69) is 4.57 Å². The third-order valence-electron chi connectivity index (χ3n) is 8.37. The maximum atomic E-state index is 14.1. The third-order valence-corrected chi connectivity index (χ3v) is 10.1. The fourth-order valence-corrected chi connectivity index (χ4v) is 7.61. The van der Waals surface area contributed by atoms with E-state index in [1.165, 1.54) is 23.2 Å². The van der Waals surface area contributed by atoms with Gasteiger partial charge >= 0.3 is 5.97 Å². The highest BCUT2D eigenvalue weighted by molar-refractivity contribution is 7.90. The van der Waals surface area contributed by atoms with Gasteiger partial charge in [0.1, 0.15) is 5.82 Å². The highest BCUT2D eigenvalue weighted by Crippen LogP contribution is 2.45. The molecule has 0 amide bonds. The molecule has 3 heterocycles. The van der Waals surface area contributed by atoms with Crippen LogP contribution in [0.25, 0.3) is 38.6 Å². The molecule has 0 aliphatic carbocycles. The number of carbonyl (C=O) groups excluding carboxylic acids is 1. The molecular formula is C35H29FN2O5S. The van der Waals surface area contributed by atoms with E-state index in [1.807, 2.05) is 24.3 Å². The third kappa shape index (κ3) is 4.69. The molecule has 4 aromatic carbocycles. The number of halogens is 1. The average molecular weight is 609 g/mol. The maximum absolute atomic E-state index is 14.1. The Bertz CT molecular complexity index is 2110. The molecule has 7 rings (SSSR count). The van der Waals surface area contributed by atoms with Crippen molar-refractivity contribution in [3.8, 4) is 16.8 Å². The number of carbonyl (C=O) groups is 1. The van der Waals surface area contributed by atoms with Gasteiger partial charge in [-0.1, -0.05) is 30.3 Å². The minimum atomic E-state index is -3.87. The zero-order valence-electron chi connectivity index (χ0n) is 23.9. The second-order valence-electron chi connectivity index (χ2n) is 10.9. The van der Waals surface area contributed by atoms with E-state index in [0.29, 0.717) is 24.3 Å². The Morgan fingerprint density at radius 3 is 2.27 bits per heavy atom. The van der Waals surface area contributed by atoms with Gasteiger partial charge in [0.2, 0.25) is 0 Å². The molecule has 1 saturated heterocycles. The van der Waals surface area contributed by atoms with Crippen molar-refractivity contribution < 1.29 is 27.1 Å². The molecule has 44 heavy (non-hydrogen) atoms. The molecule has 0 bridgehead atoms. The minimum Gasteiger partial charge on any atom is -0.465 e. The van der Waals surface area contributed by atoms with Gasteiger partial charge in [-0.25, -0.2) is 21.6 Å². The summed E-state index contributed by atoms with van der Waals surface area (Å²) in [6, 6.07) is 27.8. The maximum Gasteiger partial charge on any atom is 0.337 e. The summed E-state index contributed by atoms with van der Waals surface area (Å²) < 4.78 is 55.8. The summed E-state index contributed by atoms with van der Waals surface area (Å²) in [5, 5.41) is 1.60. The van der Waals surface area contributed by atoms with Gasteiger partial charge in [0.15, 0.2) is 0 Å². The van der Waals surface area contributed by atoms with E-state index in [1.54, 1.807) is 66.9 Å². The number of rotatable bonds is 6. The largest absolute Gasteiger partial charge is 0.465 e. The van der Waals surface area contributed by atoms with Crippen molar-refractivity contribution in [2.75, 3.05) is 20.3 Å². The van der Waals surface area contributed by atoms with E-state index >= 15 is 0 Å². The van der Waals surface area contributed by atoms with Gasteiger partial charge in [-0.3, -0.25) is 0 Å². The van der Waals surface area contributed by atoms with Crippen LogP contribution in [-0.4, -0.2) is 43.3 Å². The topological polar surface area (TPSA) is 79.5 Å². The highest BCUT2D eigenvalue weighted by atomic mass is 32.2. The molecule has 0 unspecified atom stereocenters. The lowest BCUT2D eigenvalue weighted by Gasteiger charge is -2.26. The second kappa shape index (κ2) is 11.1. The van der Waals surface area contributed by atoms with Crippen molar-refractivity contribution in [3.63, 3.8) is 0 Å². The molecule has 9 heteroatoms. The first-order valence-corrected chi connectivity index (χ1v) is 15.8. The Morgan fingerprint density at radius 2 is 1.59 bits per heavy atom. The van der Waals surface area contributed by atoms with Crippen LogP contribution in [0.5, 0.6) is 0 Å². The number of hydrogen-bond acceptors (Lipinski definition) is 5. The number of nitrogens with zero attached hydrogens (tertiary/aromatic N) is 2. The fourth-order valence-electron chi connectivity index (χ4n) is 6.25. The van der Waals surface area contributed by atoms with Crippen molar-refractivity contribution in [1.82, 2.24) is 8.54 Å². The summed E-state index contributed by atoms with van der Waals surface area (Å²) in [4.78, 5) is 12.4. The second-order valence-corrected chi connectivity index (χ2v) is 12.7. The van der Waals surface area contributed by atoms with Crippen molar-refractivity contribution in [2.45, 2.75) is 23.7 Å². The molecule has 0 radical (unpaired) electrons. The van der Waals surface area contributed by atoms with Crippen molar-refractivity contribution in [1.29, 1.82) is 0 Å². The Kier molecular flexibility index (Phi) is 7.07. The zero-order chi connectivity index (χ0) is 30.4. The predicted octanol–water partition coefficient (Wildman–Crippen LogP) is 7.31. The van der Waals surface area contributed by atoms with Gasteiger partial charge in [0, 0.05) is 53.0 Å². The van der Waals surface area contributed by atoms with Gasteiger partial charge < -0.3 is 14.0 Å². The minimum absolute atomic E-state index is 0.117. The summed E-state index contributed by atoms with van der Waals surface area (Å²) in [6.07, 6.45) is 3.16. The molecule has 0 spiro atoms. The lowest BCUT2D eigenvalue weighted by atomic mass is 9.89. The first kappa shape index (κ1) is 28.1. The van der Waals surface area contributed by atoms with E-state index in [0.717, 1.165) is 51.6 Å². The van der Waals surface area contributed by atoms with E-state index in [4.69, 9.17) is 9.47 Å². The quantitative estimate of drug-likeness (QED) is 0.185. The predicted molar refractivity (Wildman–Crippen MR) is 167 cm³/mol. The Morgan fingerprint density at radius 1 is 0.886 bits per heavy atom. The molecule has 0 N–H and O–H groups in total. The van der Waals surface area contributed by atoms with Crippen LogP contribution in [-0.2, 0) is 19.5 Å². The van der Waals surface area contributed by atoms with Gasteiger partial charge in [0.25, 0.3) is 10.0 Å². The van der Waals surface area contributed by atoms with E-state index in [9.17, 15) is 17.6 Å².